The Bertz CT molecular complexity index is 316. The van der Waals surface area contributed by atoms with E-state index < -0.39 is 11.9 Å². The van der Waals surface area contributed by atoms with Gasteiger partial charge in [-0.3, -0.25) is 0 Å². The Morgan fingerprint density at radius 2 is 1.83 bits per heavy atom. The van der Waals surface area contributed by atoms with Crippen LogP contribution in [0.3, 0.4) is 0 Å². The van der Waals surface area contributed by atoms with E-state index in [0.717, 1.165) is 31.8 Å². The lowest BCUT2D eigenvalue weighted by Crippen LogP contribution is -2.08. The van der Waals surface area contributed by atoms with Gasteiger partial charge in [0.25, 0.3) is 0 Å². The molecular weight excluding hydrogens is 232 g/mol. The number of carbonyl (C=O) groups is 2. The molecule has 0 saturated carbocycles. The Kier molecular flexibility index (Phi) is 9.64. The normalized spacial score (nSPS) is 11.8. The summed E-state index contributed by atoms with van der Waals surface area (Å²) in [5.41, 5.74) is 0.301. The molecule has 0 aromatic rings. The monoisotopic (exact) mass is 254 g/mol. The molecule has 0 saturated heterocycles. The zero-order chi connectivity index (χ0) is 13.8. The van der Waals surface area contributed by atoms with E-state index in [1.54, 1.807) is 6.08 Å². The third-order valence-electron chi connectivity index (χ3n) is 2.30. The summed E-state index contributed by atoms with van der Waals surface area (Å²) < 4.78 is 5.08. The molecule has 0 spiro atoms. The van der Waals surface area contributed by atoms with Crippen LogP contribution in [0.1, 0.15) is 46.0 Å². The third-order valence-corrected chi connectivity index (χ3v) is 2.30. The van der Waals surface area contributed by atoms with Crippen molar-refractivity contribution in [3.05, 3.63) is 23.8 Å². The van der Waals surface area contributed by atoms with Crippen LogP contribution in [-0.4, -0.2) is 23.7 Å². The highest BCUT2D eigenvalue weighted by molar-refractivity contribution is 5.93. The highest BCUT2D eigenvalue weighted by Gasteiger charge is 2.07. The lowest BCUT2D eigenvalue weighted by Gasteiger charge is -2.05. The number of rotatable bonds is 9. The summed E-state index contributed by atoms with van der Waals surface area (Å²) in [6.45, 7) is 4.38. The predicted molar refractivity (Wildman–Crippen MR) is 70.3 cm³/mol. The van der Waals surface area contributed by atoms with E-state index in [-0.39, 0.29) is 0 Å². The first kappa shape index (κ1) is 16.4. The van der Waals surface area contributed by atoms with Gasteiger partial charge in [0, 0.05) is 6.08 Å². The van der Waals surface area contributed by atoms with Gasteiger partial charge in [-0.15, -0.1) is 0 Å². The van der Waals surface area contributed by atoms with Crippen molar-refractivity contribution in [1.29, 1.82) is 0 Å². The van der Waals surface area contributed by atoms with Gasteiger partial charge in [0.2, 0.25) is 0 Å². The van der Waals surface area contributed by atoms with Gasteiger partial charge in [0.15, 0.2) is 0 Å². The summed E-state index contributed by atoms with van der Waals surface area (Å²) in [7, 11) is 0. The number of allylic oxidation sites excluding steroid dienone is 1. The van der Waals surface area contributed by atoms with Crippen molar-refractivity contribution < 1.29 is 19.4 Å². The van der Waals surface area contributed by atoms with Crippen molar-refractivity contribution in [2.75, 3.05) is 6.61 Å². The van der Waals surface area contributed by atoms with Crippen LogP contribution in [0.2, 0.25) is 0 Å². The van der Waals surface area contributed by atoms with Gasteiger partial charge < -0.3 is 9.84 Å². The summed E-state index contributed by atoms with van der Waals surface area (Å²) in [4.78, 5) is 22.0. The number of unbranched alkanes of at least 4 members (excludes halogenated alkanes) is 3. The van der Waals surface area contributed by atoms with E-state index in [1.165, 1.54) is 6.08 Å². The number of carboxylic acids is 1. The SMILES string of the molecule is CCC=C(C=CC(=O)O)C(=O)OCCCCCC. The van der Waals surface area contributed by atoms with Crippen LogP contribution in [-0.2, 0) is 14.3 Å². The number of carboxylic acid groups (broad SMARTS) is 1. The van der Waals surface area contributed by atoms with Gasteiger partial charge in [-0.25, -0.2) is 9.59 Å². The lowest BCUT2D eigenvalue weighted by atomic mass is 10.2. The summed E-state index contributed by atoms with van der Waals surface area (Å²) in [6, 6.07) is 0. The Balaban J connectivity index is 4.16. The van der Waals surface area contributed by atoms with E-state index in [1.807, 2.05) is 6.92 Å². The Morgan fingerprint density at radius 3 is 2.39 bits per heavy atom. The number of hydrogen-bond donors (Lipinski definition) is 1. The van der Waals surface area contributed by atoms with Crippen molar-refractivity contribution in [1.82, 2.24) is 0 Å². The molecule has 0 aromatic heterocycles. The maximum atomic E-state index is 11.6. The molecule has 0 aliphatic heterocycles. The fourth-order valence-corrected chi connectivity index (χ4v) is 1.38. The van der Waals surface area contributed by atoms with Crippen molar-refractivity contribution in [2.24, 2.45) is 0 Å². The second kappa shape index (κ2) is 10.6. The van der Waals surface area contributed by atoms with Gasteiger partial charge in [0.05, 0.1) is 12.2 Å². The Morgan fingerprint density at radius 1 is 1.11 bits per heavy atom. The molecule has 102 valence electrons. The molecule has 0 fully saturated rings. The fourth-order valence-electron chi connectivity index (χ4n) is 1.38. The smallest absolute Gasteiger partial charge is 0.337 e. The molecule has 0 radical (unpaired) electrons. The van der Waals surface area contributed by atoms with Crippen LogP contribution >= 0.6 is 0 Å². The highest BCUT2D eigenvalue weighted by atomic mass is 16.5. The minimum Gasteiger partial charge on any atom is -0.478 e. The average Bonchev–Trinajstić information content (AvgIpc) is 2.33. The van der Waals surface area contributed by atoms with E-state index in [2.05, 4.69) is 6.92 Å². The van der Waals surface area contributed by atoms with Gasteiger partial charge in [-0.2, -0.15) is 0 Å². The molecule has 0 amide bonds. The van der Waals surface area contributed by atoms with Gasteiger partial charge in [0.1, 0.15) is 0 Å². The lowest BCUT2D eigenvalue weighted by molar-refractivity contribution is -0.138. The van der Waals surface area contributed by atoms with Gasteiger partial charge in [-0.1, -0.05) is 39.2 Å². The molecule has 0 bridgehead atoms. The predicted octanol–water partition coefficient (Wildman–Crippen LogP) is 3.09. The first-order chi connectivity index (χ1) is 8.61. The third kappa shape index (κ3) is 8.56. The van der Waals surface area contributed by atoms with Crippen molar-refractivity contribution >= 4 is 11.9 Å². The minimum atomic E-state index is -1.08. The summed E-state index contributed by atoms with van der Waals surface area (Å²) in [5.74, 6) is -1.53. The first-order valence-corrected chi connectivity index (χ1v) is 6.40. The van der Waals surface area contributed by atoms with Crippen molar-refractivity contribution in [2.45, 2.75) is 46.0 Å². The van der Waals surface area contributed by atoms with E-state index in [4.69, 9.17) is 9.84 Å². The molecule has 0 aromatic carbocycles. The first-order valence-electron chi connectivity index (χ1n) is 6.40. The molecule has 0 heterocycles. The molecule has 1 N–H and O–H groups in total. The molecule has 0 aliphatic rings. The quantitative estimate of drug-likeness (QED) is 0.297. The van der Waals surface area contributed by atoms with Crippen LogP contribution in [0, 0.1) is 0 Å². The fraction of sp³-hybridized carbons (Fsp3) is 0.571. The van der Waals surface area contributed by atoms with Crippen LogP contribution in [0.25, 0.3) is 0 Å². The standard InChI is InChI=1S/C14H22O4/c1-3-5-6-7-11-18-14(17)12(8-4-2)9-10-13(15)16/h8-10H,3-7,11H2,1-2H3,(H,15,16). The zero-order valence-electron chi connectivity index (χ0n) is 11.1. The maximum Gasteiger partial charge on any atom is 0.337 e. The largest absolute Gasteiger partial charge is 0.478 e. The summed E-state index contributed by atoms with van der Waals surface area (Å²) in [5, 5.41) is 8.52. The molecule has 0 unspecified atom stereocenters. The zero-order valence-corrected chi connectivity index (χ0v) is 11.1. The van der Waals surface area contributed by atoms with E-state index >= 15 is 0 Å². The molecule has 4 heteroatoms. The Labute approximate surface area is 108 Å². The van der Waals surface area contributed by atoms with Crippen LogP contribution < -0.4 is 0 Å². The Hall–Kier alpha value is -1.58. The van der Waals surface area contributed by atoms with Crippen LogP contribution in [0.4, 0.5) is 0 Å². The van der Waals surface area contributed by atoms with E-state index in [0.29, 0.717) is 18.6 Å². The average molecular weight is 254 g/mol. The number of ether oxygens (including phenoxy) is 1. The number of hydrogen-bond acceptors (Lipinski definition) is 3. The highest BCUT2D eigenvalue weighted by Crippen LogP contribution is 2.05. The van der Waals surface area contributed by atoms with Crippen LogP contribution in [0.15, 0.2) is 23.8 Å². The van der Waals surface area contributed by atoms with Gasteiger partial charge in [-0.05, 0) is 18.9 Å². The number of carbonyl (C=O) groups excluding carboxylic acids is 1. The molecule has 0 aliphatic carbocycles. The number of aliphatic carboxylic acids is 1. The topological polar surface area (TPSA) is 63.6 Å². The second-order valence-electron chi connectivity index (χ2n) is 3.94. The van der Waals surface area contributed by atoms with E-state index in [9.17, 15) is 9.59 Å². The number of esters is 1. The van der Waals surface area contributed by atoms with Crippen molar-refractivity contribution in [3.63, 3.8) is 0 Å². The van der Waals surface area contributed by atoms with Crippen LogP contribution in [0.5, 0.6) is 0 Å². The molecular formula is C14H22O4. The molecule has 0 rings (SSSR count). The molecule has 18 heavy (non-hydrogen) atoms. The summed E-state index contributed by atoms with van der Waals surface area (Å²) >= 11 is 0. The molecule has 4 nitrogen and oxygen atoms in total. The van der Waals surface area contributed by atoms with Gasteiger partial charge >= 0.3 is 11.9 Å². The second-order valence-corrected chi connectivity index (χ2v) is 3.94. The van der Waals surface area contributed by atoms with Crippen molar-refractivity contribution in [3.8, 4) is 0 Å². The molecule has 0 atom stereocenters. The maximum absolute atomic E-state index is 11.6. The summed E-state index contributed by atoms with van der Waals surface area (Å²) in [6.07, 6.45) is 8.70. The minimum absolute atomic E-state index is 0.301.